The van der Waals surface area contributed by atoms with E-state index < -0.39 is 0 Å². The van der Waals surface area contributed by atoms with Crippen molar-refractivity contribution in [1.82, 2.24) is 9.99 Å². The molecule has 0 saturated heterocycles. The summed E-state index contributed by atoms with van der Waals surface area (Å²) in [5.41, 5.74) is 9.06. The molecule has 0 aliphatic heterocycles. The lowest BCUT2D eigenvalue weighted by Crippen LogP contribution is -2.25. The average molecular weight is 426 g/mol. The molecule has 0 bridgehead atoms. The Morgan fingerprint density at radius 2 is 1.69 bits per heavy atom. The number of nitrogens with zero attached hydrogens (tertiary/aromatic N) is 2. The van der Waals surface area contributed by atoms with Gasteiger partial charge < -0.3 is 9.30 Å². The van der Waals surface area contributed by atoms with Crippen molar-refractivity contribution in [1.29, 1.82) is 0 Å². The van der Waals surface area contributed by atoms with Crippen molar-refractivity contribution in [3.63, 3.8) is 0 Å². The number of carbonyl (C=O) groups is 1. The first kappa shape index (κ1) is 21.4. The summed E-state index contributed by atoms with van der Waals surface area (Å²) in [6.45, 7) is 6.69. The first-order valence-electron chi connectivity index (χ1n) is 10.7. The number of hydrazone groups is 1. The minimum atomic E-state index is -0.297. The quantitative estimate of drug-likeness (QED) is 0.329. The van der Waals surface area contributed by atoms with Crippen LogP contribution in [0.2, 0.25) is 0 Å². The maximum atomic E-state index is 12.3. The van der Waals surface area contributed by atoms with Gasteiger partial charge in [0, 0.05) is 29.2 Å². The first-order chi connectivity index (χ1) is 15.5. The second-order valence-electron chi connectivity index (χ2n) is 7.95. The maximum Gasteiger partial charge on any atom is 0.277 e. The molecule has 0 aliphatic carbocycles. The number of benzene rings is 3. The highest BCUT2D eigenvalue weighted by Gasteiger charge is 2.10. The van der Waals surface area contributed by atoms with Crippen molar-refractivity contribution in [2.24, 2.45) is 5.10 Å². The Labute approximate surface area is 188 Å². The zero-order chi connectivity index (χ0) is 22.5. The van der Waals surface area contributed by atoms with Crippen LogP contribution in [0.3, 0.4) is 0 Å². The highest BCUT2D eigenvalue weighted by atomic mass is 16.5. The molecular weight excluding hydrogens is 398 g/mol. The molecule has 1 heterocycles. The van der Waals surface area contributed by atoms with Gasteiger partial charge in [-0.3, -0.25) is 4.79 Å². The fourth-order valence-electron chi connectivity index (χ4n) is 3.78. The smallest absolute Gasteiger partial charge is 0.277 e. The second kappa shape index (κ2) is 9.52. The van der Waals surface area contributed by atoms with Crippen LogP contribution in [0.4, 0.5) is 0 Å². The maximum absolute atomic E-state index is 12.3. The number of aryl methyl sites for hydroxylation is 2. The van der Waals surface area contributed by atoms with Gasteiger partial charge in [0.25, 0.3) is 5.91 Å². The number of hydrogen-bond acceptors (Lipinski definition) is 3. The highest BCUT2D eigenvalue weighted by Crippen LogP contribution is 2.25. The van der Waals surface area contributed by atoms with Gasteiger partial charge in [0.2, 0.25) is 0 Å². The summed E-state index contributed by atoms with van der Waals surface area (Å²) in [7, 11) is 0. The molecule has 1 N–H and O–H groups in total. The summed E-state index contributed by atoms with van der Waals surface area (Å²) in [6, 6.07) is 22.6. The van der Waals surface area contributed by atoms with Crippen molar-refractivity contribution in [2.75, 3.05) is 6.61 Å². The van der Waals surface area contributed by atoms with Gasteiger partial charge in [-0.15, -0.1) is 0 Å². The van der Waals surface area contributed by atoms with E-state index in [9.17, 15) is 4.79 Å². The lowest BCUT2D eigenvalue weighted by atomic mass is 10.1. The van der Waals surface area contributed by atoms with Gasteiger partial charge in [-0.05, 0) is 49.1 Å². The molecule has 0 unspecified atom stereocenters. The first-order valence-corrected chi connectivity index (χ1v) is 10.7. The number of hydrogen-bond donors (Lipinski definition) is 1. The van der Waals surface area contributed by atoms with E-state index in [0.29, 0.717) is 0 Å². The SMILES string of the molecule is Cc1ccc(C)c(OCC(=O)NN=Cc2cn(Cc3ccccc3)c3ccccc23)c1C. The number of ether oxygens (including phenoxy) is 1. The van der Waals surface area contributed by atoms with Gasteiger partial charge in [-0.1, -0.05) is 60.7 Å². The van der Waals surface area contributed by atoms with Gasteiger partial charge in [0.1, 0.15) is 5.75 Å². The van der Waals surface area contributed by atoms with E-state index in [0.717, 1.165) is 45.5 Å². The molecule has 0 aliphatic rings. The Kier molecular flexibility index (Phi) is 6.36. The molecule has 5 nitrogen and oxygen atoms in total. The normalized spacial score (nSPS) is 11.2. The molecule has 32 heavy (non-hydrogen) atoms. The molecule has 4 aromatic rings. The molecular formula is C27H27N3O2. The Morgan fingerprint density at radius 1 is 0.969 bits per heavy atom. The van der Waals surface area contributed by atoms with E-state index in [1.54, 1.807) is 6.21 Å². The monoisotopic (exact) mass is 425 g/mol. The van der Waals surface area contributed by atoms with Crippen LogP contribution in [0, 0.1) is 20.8 Å². The fraction of sp³-hybridized carbons (Fsp3) is 0.185. The van der Waals surface area contributed by atoms with Crippen LogP contribution in [0.5, 0.6) is 5.75 Å². The zero-order valence-electron chi connectivity index (χ0n) is 18.6. The Balaban J connectivity index is 1.44. The molecule has 3 aromatic carbocycles. The second-order valence-corrected chi connectivity index (χ2v) is 7.95. The third-order valence-electron chi connectivity index (χ3n) is 5.63. The molecule has 0 fully saturated rings. The molecule has 0 radical (unpaired) electrons. The largest absolute Gasteiger partial charge is 0.483 e. The average Bonchev–Trinajstić information content (AvgIpc) is 3.14. The van der Waals surface area contributed by atoms with Crippen LogP contribution < -0.4 is 10.2 Å². The molecule has 0 atom stereocenters. The molecule has 162 valence electrons. The lowest BCUT2D eigenvalue weighted by molar-refractivity contribution is -0.123. The number of amides is 1. The highest BCUT2D eigenvalue weighted by molar-refractivity contribution is 5.99. The van der Waals surface area contributed by atoms with Crippen LogP contribution in [0.1, 0.15) is 27.8 Å². The van der Waals surface area contributed by atoms with E-state index in [1.165, 1.54) is 5.56 Å². The molecule has 0 saturated carbocycles. The number of fused-ring (bicyclic) bond motifs is 1. The van der Waals surface area contributed by atoms with Crippen LogP contribution in [-0.2, 0) is 11.3 Å². The van der Waals surface area contributed by atoms with Crippen LogP contribution in [-0.4, -0.2) is 23.3 Å². The third-order valence-corrected chi connectivity index (χ3v) is 5.63. The van der Waals surface area contributed by atoms with E-state index in [2.05, 4.69) is 51.6 Å². The van der Waals surface area contributed by atoms with E-state index in [1.807, 2.05) is 57.2 Å². The lowest BCUT2D eigenvalue weighted by Gasteiger charge is -2.13. The Hall–Kier alpha value is -3.86. The number of carbonyl (C=O) groups excluding carboxylic acids is 1. The summed E-state index contributed by atoms with van der Waals surface area (Å²) >= 11 is 0. The molecule has 1 amide bonds. The van der Waals surface area contributed by atoms with E-state index in [4.69, 9.17) is 4.74 Å². The molecule has 5 heteroatoms. The van der Waals surface area contributed by atoms with Gasteiger partial charge in [0.05, 0.1) is 6.21 Å². The van der Waals surface area contributed by atoms with Crippen molar-refractivity contribution >= 4 is 23.0 Å². The van der Waals surface area contributed by atoms with Crippen LogP contribution >= 0.6 is 0 Å². The summed E-state index contributed by atoms with van der Waals surface area (Å²) < 4.78 is 7.96. The zero-order valence-corrected chi connectivity index (χ0v) is 18.6. The van der Waals surface area contributed by atoms with Crippen molar-refractivity contribution < 1.29 is 9.53 Å². The van der Waals surface area contributed by atoms with Crippen LogP contribution in [0.15, 0.2) is 78.0 Å². The minimum Gasteiger partial charge on any atom is -0.483 e. The predicted molar refractivity (Wildman–Crippen MR) is 129 cm³/mol. The number of rotatable bonds is 7. The predicted octanol–water partition coefficient (Wildman–Crippen LogP) is 5.14. The van der Waals surface area contributed by atoms with Crippen LogP contribution in [0.25, 0.3) is 10.9 Å². The number of para-hydroxylation sites is 1. The topological polar surface area (TPSA) is 55.6 Å². The van der Waals surface area contributed by atoms with Gasteiger partial charge in [-0.2, -0.15) is 5.10 Å². The standard InChI is InChI=1S/C27H27N3O2/c1-19-13-14-20(2)27(21(19)3)32-18-26(31)29-28-15-23-17-30(16-22-9-5-4-6-10-22)25-12-8-7-11-24(23)25/h4-15,17H,16,18H2,1-3H3,(H,29,31). The molecule has 0 spiro atoms. The number of nitrogens with one attached hydrogen (secondary N) is 1. The van der Waals surface area contributed by atoms with Crippen molar-refractivity contribution in [3.05, 3.63) is 101 Å². The summed E-state index contributed by atoms with van der Waals surface area (Å²) in [6.07, 6.45) is 3.74. The third kappa shape index (κ3) is 4.72. The molecule has 4 rings (SSSR count). The van der Waals surface area contributed by atoms with Gasteiger partial charge in [0.15, 0.2) is 6.61 Å². The van der Waals surface area contributed by atoms with Crippen molar-refractivity contribution in [3.8, 4) is 5.75 Å². The molecule has 1 aromatic heterocycles. The Morgan fingerprint density at radius 3 is 2.50 bits per heavy atom. The van der Waals surface area contributed by atoms with E-state index in [-0.39, 0.29) is 12.5 Å². The van der Waals surface area contributed by atoms with Gasteiger partial charge >= 0.3 is 0 Å². The van der Waals surface area contributed by atoms with Crippen molar-refractivity contribution in [2.45, 2.75) is 27.3 Å². The number of aromatic nitrogens is 1. The summed E-state index contributed by atoms with van der Waals surface area (Å²) in [4.78, 5) is 12.3. The Bertz CT molecular complexity index is 1270. The summed E-state index contributed by atoms with van der Waals surface area (Å²) in [5, 5.41) is 5.26. The fourth-order valence-corrected chi connectivity index (χ4v) is 3.78. The minimum absolute atomic E-state index is 0.0851. The van der Waals surface area contributed by atoms with Gasteiger partial charge in [-0.25, -0.2) is 5.43 Å². The van der Waals surface area contributed by atoms with E-state index >= 15 is 0 Å². The summed E-state index contributed by atoms with van der Waals surface area (Å²) in [5.74, 6) is 0.461.